The maximum atomic E-state index is 13.5. The molecule has 0 fully saturated rings. The van der Waals surface area contributed by atoms with Crippen molar-refractivity contribution in [1.29, 1.82) is 0 Å². The Bertz CT molecular complexity index is 605. The Hall–Kier alpha value is -2.04. The molecule has 0 saturated heterocycles. The van der Waals surface area contributed by atoms with E-state index in [1.165, 1.54) is 4.68 Å². The van der Waals surface area contributed by atoms with Crippen LogP contribution in [0.2, 0.25) is 0 Å². The van der Waals surface area contributed by atoms with Crippen molar-refractivity contribution in [3.05, 3.63) is 52.9 Å². The van der Waals surface area contributed by atoms with Gasteiger partial charge in [0.25, 0.3) is 0 Å². The number of carbonyl (C=O) groups excluding carboxylic acids is 1. The van der Waals surface area contributed by atoms with Crippen LogP contribution < -0.4 is 0 Å². The van der Waals surface area contributed by atoms with E-state index in [9.17, 15) is 13.6 Å². The summed E-state index contributed by atoms with van der Waals surface area (Å²) in [6.07, 6.45) is 0.673. The fraction of sp³-hybridized carbons (Fsp3) is 0.231. The van der Waals surface area contributed by atoms with E-state index in [1.807, 2.05) is 6.92 Å². The van der Waals surface area contributed by atoms with Crippen molar-refractivity contribution in [3.8, 4) is 0 Å². The first-order chi connectivity index (χ1) is 8.52. The third kappa shape index (κ3) is 2.16. The molecule has 0 amide bonds. The Morgan fingerprint density at radius 2 is 2.06 bits per heavy atom. The molecule has 1 aromatic carbocycles. The van der Waals surface area contributed by atoms with Crippen molar-refractivity contribution in [2.75, 3.05) is 0 Å². The summed E-state index contributed by atoms with van der Waals surface area (Å²) in [7, 11) is 1.60. The van der Waals surface area contributed by atoms with E-state index in [4.69, 9.17) is 0 Å². The Morgan fingerprint density at radius 3 is 2.67 bits per heavy atom. The molecule has 0 aliphatic heterocycles. The number of aromatic nitrogens is 2. The first-order valence-corrected chi connectivity index (χ1v) is 5.55. The van der Waals surface area contributed by atoms with Crippen LogP contribution >= 0.6 is 0 Å². The van der Waals surface area contributed by atoms with E-state index < -0.39 is 17.4 Å². The smallest absolute Gasteiger partial charge is 0.214 e. The highest BCUT2D eigenvalue weighted by Gasteiger charge is 2.19. The van der Waals surface area contributed by atoms with E-state index in [2.05, 4.69) is 5.10 Å². The summed E-state index contributed by atoms with van der Waals surface area (Å²) in [5.74, 6) is -1.94. The van der Waals surface area contributed by atoms with Crippen molar-refractivity contribution < 1.29 is 13.6 Å². The largest absolute Gasteiger partial charge is 0.287 e. The third-order valence-electron chi connectivity index (χ3n) is 2.70. The predicted molar refractivity (Wildman–Crippen MR) is 62.4 cm³/mol. The van der Waals surface area contributed by atoms with E-state index >= 15 is 0 Å². The minimum atomic E-state index is -0.736. The quantitative estimate of drug-likeness (QED) is 0.784. The van der Waals surface area contributed by atoms with Crippen molar-refractivity contribution >= 4 is 5.78 Å². The molecule has 0 unspecified atom stereocenters. The molecular formula is C13H12F2N2O. The number of halogens is 2. The van der Waals surface area contributed by atoms with Crippen LogP contribution in [0.5, 0.6) is 0 Å². The number of hydrogen-bond donors (Lipinski definition) is 0. The molecular weight excluding hydrogens is 238 g/mol. The van der Waals surface area contributed by atoms with Gasteiger partial charge in [-0.05, 0) is 30.7 Å². The van der Waals surface area contributed by atoms with Gasteiger partial charge < -0.3 is 0 Å². The lowest BCUT2D eigenvalue weighted by atomic mass is 10.1. The lowest BCUT2D eigenvalue weighted by Crippen LogP contribution is -2.10. The molecule has 1 heterocycles. The Labute approximate surface area is 103 Å². The zero-order valence-corrected chi connectivity index (χ0v) is 10.1. The van der Waals surface area contributed by atoms with Gasteiger partial charge in [0.15, 0.2) is 0 Å². The maximum absolute atomic E-state index is 13.5. The van der Waals surface area contributed by atoms with E-state index in [1.54, 1.807) is 13.1 Å². The zero-order chi connectivity index (χ0) is 13.3. The highest BCUT2D eigenvalue weighted by atomic mass is 19.1. The third-order valence-corrected chi connectivity index (χ3v) is 2.70. The first kappa shape index (κ1) is 12.4. The average molecular weight is 250 g/mol. The van der Waals surface area contributed by atoms with Crippen molar-refractivity contribution in [3.63, 3.8) is 0 Å². The number of rotatable bonds is 3. The summed E-state index contributed by atoms with van der Waals surface area (Å²) in [5.41, 5.74) is 0.703. The fourth-order valence-corrected chi connectivity index (χ4v) is 1.72. The van der Waals surface area contributed by atoms with Crippen LogP contribution in [0.15, 0.2) is 24.3 Å². The van der Waals surface area contributed by atoms with Crippen molar-refractivity contribution in [1.82, 2.24) is 9.78 Å². The van der Waals surface area contributed by atoms with Gasteiger partial charge in [-0.2, -0.15) is 5.10 Å². The van der Waals surface area contributed by atoms with E-state index in [-0.39, 0.29) is 11.3 Å². The van der Waals surface area contributed by atoms with Crippen LogP contribution in [0.1, 0.15) is 28.7 Å². The molecule has 18 heavy (non-hydrogen) atoms. The SMILES string of the molecule is CCc1cc(C(=O)c2cc(F)ccc2F)n(C)n1. The molecule has 0 radical (unpaired) electrons. The lowest BCUT2D eigenvalue weighted by Gasteiger charge is -2.02. The number of carbonyl (C=O) groups is 1. The Morgan fingerprint density at radius 1 is 1.33 bits per heavy atom. The number of ketones is 1. The standard InChI is InChI=1S/C13H12F2N2O/c1-3-9-7-12(17(2)16-9)13(18)10-6-8(14)4-5-11(10)15/h4-7H,3H2,1-2H3. The molecule has 2 rings (SSSR count). The summed E-state index contributed by atoms with van der Waals surface area (Å²) in [6.45, 7) is 1.90. The van der Waals surface area contributed by atoms with Gasteiger partial charge in [0, 0.05) is 7.05 Å². The summed E-state index contributed by atoms with van der Waals surface area (Å²) in [5, 5.41) is 4.11. The Kier molecular flexibility index (Phi) is 3.23. The van der Waals surface area contributed by atoms with Crippen LogP contribution in [0.3, 0.4) is 0 Å². The topological polar surface area (TPSA) is 34.9 Å². The number of hydrogen-bond acceptors (Lipinski definition) is 2. The molecule has 1 aromatic heterocycles. The highest BCUT2D eigenvalue weighted by Crippen LogP contribution is 2.15. The zero-order valence-electron chi connectivity index (χ0n) is 10.1. The molecule has 0 spiro atoms. The molecule has 0 aliphatic rings. The second-order valence-corrected chi connectivity index (χ2v) is 3.95. The molecule has 3 nitrogen and oxygen atoms in total. The van der Waals surface area contributed by atoms with E-state index in [0.717, 1.165) is 23.9 Å². The second kappa shape index (κ2) is 4.68. The van der Waals surface area contributed by atoms with Gasteiger partial charge in [-0.25, -0.2) is 8.78 Å². The number of benzene rings is 1. The Balaban J connectivity index is 2.47. The molecule has 0 atom stereocenters. The van der Waals surface area contributed by atoms with Crippen LogP contribution in [0, 0.1) is 11.6 Å². The van der Waals surface area contributed by atoms with Crippen LogP contribution in [0.4, 0.5) is 8.78 Å². The molecule has 5 heteroatoms. The normalized spacial score (nSPS) is 10.7. The first-order valence-electron chi connectivity index (χ1n) is 5.55. The van der Waals surface area contributed by atoms with E-state index in [0.29, 0.717) is 6.42 Å². The monoisotopic (exact) mass is 250 g/mol. The molecule has 94 valence electrons. The van der Waals surface area contributed by atoms with Gasteiger partial charge in [0.05, 0.1) is 11.3 Å². The molecule has 0 saturated carbocycles. The summed E-state index contributed by atoms with van der Waals surface area (Å²) >= 11 is 0. The number of aryl methyl sites for hydroxylation is 2. The van der Waals surface area contributed by atoms with Gasteiger partial charge >= 0.3 is 0 Å². The summed E-state index contributed by atoms with van der Waals surface area (Å²) in [4.78, 5) is 12.1. The van der Waals surface area contributed by atoms with Crippen molar-refractivity contribution in [2.45, 2.75) is 13.3 Å². The summed E-state index contributed by atoms with van der Waals surface area (Å²) < 4.78 is 27.9. The van der Waals surface area contributed by atoms with Gasteiger partial charge in [-0.1, -0.05) is 6.92 Å². The average Bonchev–Trinajstić information content (AvgIpc) is 2.73. The van der Waals surface area contributed by atoms with Gasteiger partial charge in [-0.3, -0.25) is 9.48 Å². The molecule has 0 aliphatic carbocycles. The van der Waals surface area contributed by atoms with Crippen molar-refractivity contribution in [2.24, 2.45) is 7.05 Å². The minimum Gasteiger partial charge on any atom is -0.287 e. The predicted octanol–water partition coefficient (Wildman–Crippen LogP) is 2.49. The summed E-state index contributed by atoms with van der Waals surface area (Å²) in [6, 6.07) is 4.41. The van der Waals surface area contributed by atoms with Crippen LogP contribution in [-0.4, -0.2) is 15.6 Å². The lowest BCUT2D eigenvalue weighted by molar-refractivity contribution is 0.102. The fourth-order valence-electron chi connectivity index (χ4n) is 1.72. The highest BCUT2D eigenvalue weighted by molar-refractivity contribution is 6.08. The minimum absolute atomic E-state index is 0.247. The molecule has 2 aromatic rings. The van der Waals surface area contributed by atoms with Crippen LogP contribution in [0.25, 0.3) is 0 Å². The van der Waals surface area contributed by atoms with Gasteiger partial charge in [0.2, 0.25) is 5.78 Å². The second-order valence-electron chi connectivity index (χ2n) is 3.95. The maximum Gasteiger partial charge on any atom is 0.214 e. The molecule has 0 N–H and O–H groups in total. The molecule has 0 bridgehead atoms. The van der Waals surface area contributed by atoms with Gasteiger partial charge in [-0.15, -0.1) is 0 Å². The van der Waals surface area contributed by atoms with Crippen LogP contribution in [-0.2, 0) is 13.5 Å². The number of nitrogens with zero attached hydrogens (tertiary/aromatic N) is 2. The van der Waals surface area contributed by atoms with Gasteiger partial charge in [0.1, 0.15) is 17.3 Å².